The predicted octanol–water partition coefficient (Wildman–Crippen LogP) is 2.57. The highest BCUT2D eigenvalue weighted by Gasteiger charge is 2.48. The van der Waals surface area contributed by atoms with Gasteiger partial charge in [0.1, 0.15) is 0 Å². The Balaban J connectivity index is 1.31. The molecule has 3 aliphatic carbocycles. The maximum absolute atomic E-state index is 12.5. The third-order valence-electron chi connectivity index (χ3n) is 7.19. The number of rotatable bonds is 3. The summed E-state index contributed by atoms with van der Waals surface area (Å²) in [5, 5.41) is 16.1. The predicted molar refractivity (Wildman–Crippen MR) is 91.7 cm³/mol. The van der Waals surface area contributed by atoms with Crippen LogP contribution < -0.4 is 10.6 Å². The fourth-order valence-corrected chi connectivity index (χ4v) is 5.97. The van der Waals surface area contributed by atoms with Gasteiger partial charge in [-0.05, 0) is 56.8 Å². The Labute approximate surface area is 144 Å². The zero-order valence-electron chi connectivity index (χ0n) is 14.6. The molecule has 3 N–H and O–H groups in total. The number of amides is 2. The molecule has 136 valence electrons. The number of aliphatic hydroxyl groups excluding tert-OH is 1. The fraction of sp³-hybridized carbons (Fsp3) is 0.947. The molecular formula is C19H32N2O3. The third-order valence-corrected chi connectivity index (χ3v) is 7.19. The lowest BCUT2D eigenvalue weighted by molar-refractivity contribution is -0.107. The topological polar surface area (TPSA) is 70.6 Å². The van der Waals surface area contributed by atoms with E-state index in [2.05, 4.69) is 10.6 Å². The van der Waals surface area contributed by atoms with Crippen molar-refractivity contribution in [2.24, 2.45) is 17.8 Å². The second-order valence-corrected chi connectivity index (χ2v) is 8.61. The van der Waals surface area contributed by atoms with Crippen LogP contribution in [0.15, 0.2) is 0 Å². The highest BCUT2D eigenvalue weighted by Crippen LogP contribution is 2.48. The fourth-order valence-electron chi connectivity index (χ4n) is 5.97. The number of ether oxygens (including phenoxy) is 1. The minimum absolute atomic E-state index is 0.0223. The van der Waals surface area contributed by atoms with Crippen LogP contribution in [-0.2, 0) is 4.74 Å². The average molecular weight is 336 g/mol. The number of carbonyl (C=O) groups is 1. The van der Waals surface area contributed by atoms with E-state index in [0.29, 0.717) is 11.8 Å². The first-order valence-electron chi connectivity index (χ1n) is 10.0. The third kappa shape index (κ3) is 3.17. The first-order chi connectivity index (χ1) is 11.7. The molecular weight excluding hydrogens is 304 g/mol. The van der Waals surface area contributed by atoms with Gasteiger partial charge in [0.05, 0.1) is 5.60 Å². The number of carbonyl (C=O) groups excluding carboxylic acids is 1. The maximum atomic E-state index is 12.5. The molecule has 2 bridgehead atoms. The van der Waals surface area contributed by atoms with E-state index in [0.717, 1.165) is 32.3 Å². The zero-order valence-corrected chi connectivity index (χ0v) is 14.6. The standard InChI is InChI=1S/C19H32N2O3/c22-12-16-13-4-5-14(10-13)17(16)21-18(23)20-15-6-9-24-19(11-15)7-2-1-3-8-19/h13-17,22H,1-12H2,(H2,20,21,23). The van der Waals surface area contributed by atoms with E-state index >= 15 is 0 Å². The number of nitrogens with one attached hydrogen (secondary N) is 2. The molecule has 5 heteroatoms. The number of hydrogen-bond donors (Lipinski definition) is 3. The molecule has 3 saturated carbocycles. The molecule has 4 aliphatic rings. The van der Waals surface area contributed by atoms with Gasteiger partial charge in [-0.25, -0.2) is 4.79 Å². The number of fused-ring (bicyclic) bond motifs is 2. The molecule has 0 aromatic carbocycles. The van der Waals surface area contributed by atoms with Crippen LogP contribution in [-0.4, -0.2) is 42.0 Å². The van der Waals surface area contributed by atoms with E-state index in [1.807, 2.05) is 0 Å². The summed E-state index contributed by atoms with van der Waals surface area (Å²) in [5.41, 5.74) is 0.0223. The van der Waals surface area contributed by atoms with Gasteiger partial charge < -0.3 is 20.5 Å². The smallest absolute Gasteiger partial charge is 0.315 e. The Hall–Kier alpha value is -0.810. The molecule has 5 atom stereocenters. The highest BCUT2D eigenvalue weighted by molar-refractivity contribution is 5.74. The first kappa shape index (κ1) is 16.6. The van der Waals surface area contributed by atoms with Gasteiger partial charge in [0, 0.05) is 31.2 Å². The van der Waals surface area contributed by atoms with Gasteiger partial charge >= 0.3 is 6.03 Å². The lowest BCUT2D eigenvalue weighted by Gasteiger charge is -2.43. The van der Waals surface area contributed by atoms with Crippen molar-refractivity contribution < 1.29 is 14.6 Å². The molecule has 1 heterocycles. The molecule has 4 fully saturated rings. The Kier molecular flexibility index (Phi) is 4.74. The summed E-state index contributed by atoms with van der Waals surface area (Å²) < 4.78 is 6.12. The highest BCUT2D eigenvalue weighted by atomic mass is 16.5. The van der Waals surface area contributed by atoms with Crippen molar-refractivity contribution in [1.82, 2.24) is 10.6 Å². The van der Waals surface area contributed by atoms with E-state index in [9.17, 15) is 9.90 Å². The second-order valence-electron chi connectivity index (χ2n) is 8.61. The van der Waals surface area contributed by atoms with E-state index in [1.165, 1.54) is 38.5 Å². The summed E-state index contributed by atoms with van der Waals surface area (Å²) in [6.45, 7) is 0.963. The molecule has 0 aromatic rings. The molecule has 1 saturated heterocycles. The van der Waals surface area contributed by atoms with Crippen molar-refractivity contribution >= 4 is 6.03 Å². The molecule has 5 nitrogen and oxygen atoms in total. The summed E-state index contributed by atoms with van der Waals surface area (Å²) in [6.07, 6.45) is 11.6. The van der Waals surface area contributed by atoms with Crippen molar-refractivity contribution in [2.75, 3.05) is 13.2 Å². The minimum Gasteiger partial charge on any atom is -0.396 e. The Bertz CT molecular complexity index is 458. The normalized spacial score (nSPS) is 40.6. The van der Waals surface area contributed by atoms with Crippen LogP contribution in [0.2, 0.25) is 0 Å². The van der Waals surface area contributed by atoms with Gasteiger partial charge in [0.15, 0.2) is 0 Å². The molecule has 1 spiro atoms. The van der Waals surface area contributed by atoms with Crippen LogP contribution in [0, 0.1) is 17.8 Å². The van der Waals surface area contributed by atoms with E-state index in [4.69, 9.17) is 4.74 Å². The lowest BCUT2D eigenvalue weighted by atomic mass is 9.78. The van der Waals surface area contributed by atoms with Gasteiger partial charge in [-0.2, -0.15) is 0 Å². The average Bonchev–Trinajstić information content (AvgIpc) is 3.17. The van der Waals surface area contributed by atoms with Crippen LogP contribution in [0.25, 0.3) is 0 Å². The van der Waals surface area contributed by atoms with Crippen molar-refractivity contribution in [3.63, 3.8) is 0 Å². The lowest BCUT2D eigenvalue weighted by Crippen LogP contribution is -2.54. The molecule has 2 amide bonds. The summed E-state index contributed by atoms with van der Waals surface area (Å²) in [4.78, 5) is 12.5. The minimum atomic E-state index is -0.0381. The summed E-state index contributed by atoms with van der Waals surface area (Å²) in [6, 6.07) is 0.351. The summed E-state index contributed by atoms with van der Waals surface area (Å²) in [5.74, 6) is 1.44. The largest absolute Gasteiger partial charge is 0.396 e. The molecule has 24 heavy (non-hydrogen) atoms. The molecule has 1 aliphatic heterocycles. The Morgan fingerprint density at radius 3 is 2.67 bits per heavy atom. The second kappa shape index (κ2) is 6.83. The quantitative estimate of drug-likeness (QED) is 0.742. The van der Waals surface area contributed by atoms with Gasteiger partial charge in [-0.1, -0.05) is 19.3 Å². The molecule has 5 unspecified atom stereocenters. The van der Waals surface area contributed by atoms with Crippen LogP contribution in [0.5, 0.6) is 0 Å². The monoisotopic (exact) mass is 336 g/mol. The van der Waals surface area contributed by atoms with Crippen LogP contribution in [0.3, 0.4) is 0 Å². The van der Waals surface area contributed by atoms with Crippen LogP contribution in [0.1, 0.15) is 64.2 Å². The van der Waals surface area contributed by atoms with Crippen molar-refractivity contribution in [1.29, 1.82) is 0 Å². The van der Waals surface area contributed by atoms with Crippen molar-refractivity contribution in [3.8, 4) is 0 Å². The van der Waals surface area contributed by atoms with E-state index in [-0.39, 0.29) is 36.2 Å². The van der Waals surface area contributed by atoms with E-state index < -0.39 is 0 Å². The molecule has 0 radical (unpaired) electrons. The maximum Gasteiger partial charge on any atom is 0.315 e. The van der Waals surface area contributed by atoms with Crippen LogP contribution in [0.4, 0.5) is 4.79 Å². The van der Waals surface area contributed by atoms with Gasteiger partial charge in [0.2, 0.25) is 0 Å². The Morgan fingerprint density at radius 2 is 1.88 bits per heavy atom. The van der Waals surface area contributed by atoms with Gasteiger partial charge in [0.25, 0.3) is 0 Å². The van der Waals surface area contributed by atoms with Gasteiger partial charge in [-0.3, -0.25) is 0 Å². The van der Waals surface area contributed by atoms with E-state index in [1.54, 1.807) is 0 Å². The van der Waals surface area contributed by atoms with Crippen molar-refractivity contribution in [2.45, 2.75) is 81.9 Å². The SMILES string of the molecule is O=C(NC1CCOC2(CCCCC2)C1)NC1C2CCC(C2)C1CO. The van der Waals surface area contributed by atoms with Gasteiger partial charge in [-0.15, -0.1) is 0 Å². The molecule has 4 rings (SSSR count). The summed E-state index contributed by atoms with van der Waals surface area (Å²) >= 11 is 0. The molecule has 0 aromatic heterocycles. The van der Waals surface area contributed by atoms with Crippen LogP contribution >= 0.6 is 0 Å². The number of aliphatic hydroxyl groups is 1. The Morgan fingerprint density at radius 1 is 1.08 bits per heavy atom. The first-order valence-corrected chi connectivity index (χ1v) is 10.0. The van der Waals surface area contributed by atoms with Crippen molar-refractivity contribution in [3.05, 3.63) is 0 Å². The zero-order chi connectivity index (χ0) is 16.6. The number of urea groups is 1. The summed E-state index contributed by atoms with van der Waals surface area (Å²) in [7, 11) is 0. The number of hydrogen-bond acceptors (Lipinski definition) is 3.